The number of methoxy groups -OCH3 is 2. The molecule has 2 aromatic rings. The predicted octanol–water partition coefficient (Wildman–Crippen LogP) is 3.23. The Balaban J connectivity index is 2.11. The number of nitrogens with one attached hydrogen (secondary N) is 1. The first-order chi connectivity index (χ1) is 10.7. The third-order valence-electron chi connectivity index (χ3n) is 2.89. The Kier molecular flexibility index (Phi) is 5.55. The zero-order valence-electron chi connectivity index (χ0n) is 12.2. The van der Waals surface area contributed by atoms with Crippen molar-refractivity contribution in [3.63, 3.8) is 0 Å². The van der Waals surface area contributed by atoms with Gasteiger partial charge in [-0.1, -0.05) is 28.1 Å². The van der Waals surface area contributed by atoms with E-state index in [4.69, 9.17) is 9.47 Å². The summed E-state index contributed by atoms with van der Waals surface area (Å²) >= 11 is 3.32. The van der Waals surface area contributed by atoms with Crippen molar-refractivity contribution in [3.8, 4) is 11.5 Å². The van der Waals surface area contributed by atoms with E-state index in [-0.39, 0.29) is 5.91 Å². The minimum Gasteiger partial charge on any atom is -0.493 e. The van der Waals surface area contributed by atoms with Crippen LogP contribution in [0.4, 0.5) is 0 Å². The van der Waals surface area contributed by atoms with E-state index in [1.54, 1.807) is 38.5 Å². The van der Waals surface area contributed by atoms with Crippen molar-refractivity contribution in [2.24, 2.45) is 5.10 Å². The molecule has 0 aliphatic rings. The molecule has 0 atom stereocenters. The second-order valence-electron chi connectivity index (χ2n) is 4.29. The molecule has 0 aliphatic carbocycles. The molecule has 0 saturated carbocycles. The van der Waals surface area contributed by atoms with Crippen LogP contribution in [0.2, 0.25) is 0 Å². The number of halogens is 1. The van der Waals surface area contributed by atoms with Gasteiger partial charge in [0.25, 0.3) is 5.91 Å². The number of para-hydroxylation sites is 1. The van der Waals surface area contributed by atoms with Gasteiger partial charge in [0.1, 0.15) is 0 Å². The average Bonchev–Trinajstić information content (AvgIpc) is 2.54. The normalized spacial score (nSPS) is 10.5. The van der Waals surface area contributed by atoms with Gasteiger partial charge in [0.15, 0.2) is 11.5 Å². The first-order valence-corrected chi connectivity index (χ1v) is 7.25. The predicted molar refractivity (Wildman–Crippen MR) is 88.7 cm³/mol. The topological polar surface area (TPSA) is 59.9 Å². The number of rotatable bonds is 5. The van der Waals surface area contributed by atoms with Crippen LogP contribution in [0.3, 0.4) is 0 Å². The van der Waals surface area contributed by atoms with Crippen molar-refractivity contribution >= 4 is 28.1 Å². The van der Waals surface area contributed by atoms with Gasteiger partial charge in [-0.2, -0.15) is 5.10 Å². The molecule has 0 bridgehead atoms. The Morgan fingerprint density at radius 1 is 1.18 bits per heavy atom. The van der Waals surface area contributed by atoms with Gasteiger partial charge < -0.3 is 9.47 Å². The Morgan fingerprint density at radius 3 is 2.64 bits per heavy atom. The molecule has 0 fully saturated rings. The van der Waals surface area contributed by atoms with Crippen LogP contribution in [-0.4, -0.2) is 26.3 Å². The summed E-state index contributed by atoms with van der Waals surface area (Å²) in [4.78, 5) is 12.0. The Hall–Kier alpha value is -2.34. The molecule has 22 heavy (non-hydrogen) atoms. The van der Waals surface area contributed by atoms with Crippen LogP contribution >= 0.6 is 15.9 Å². The standard InChI is InChI=1S/C16H15BrN2O3/c1-21-14-8-4-6-12(15(14)22-2)10-18-19-16(20)11-5-3-7-13(17)9-11/h3-10H,1-2H3,(H,19,20)/b18-10+. The van der Waals surface area contributed by atoms with Crippen molar-refractivity contribution in [1.29, 1.82) is 0 Å². The maximum atomic E-state index is 12.0. The van der Waals surface area contributed by atoms with Crippen LogP contribution in [0.5, 0.6) is 11.5 Å². The van der Waals surface area contributed by atoms with E-state index in [2.05, 4.69) is 26.5 Å². The van der Waals surface area contributed by atoms with E-state index in [1.165, 1.54) is 6.21 Å². The zero-order valence-corrected chi connectivity index (χ0v) is 13.8. The lowest BCUT2D eigenvalue weighted by molar-refractivity contribution is 0.0955. The minimum atomic E-state index is -0.292. The Labute approximate surface area is 137 Å². The van der Waals surface area contributed by atoms with Gasteiger partial charge in [-0.15, -0.1) is 0 Å². The first kappa shape index (κ1) is 16.0. The van der Waals surface area contributed by atoms with Gasteiger partial charge in [-0.25, -0.2) is 5.43 Å². The summed E-state index contributed by atoms with van der Waals surface area (Å²) < 4.78 is 11.3. The van der Waals surface area contributed by atoms with Crippen molar-refractivity contribution in [3.05, 3.63) is 58.1 Å². The second kappa shape index (κ2) is 7.61. The van der Waals surface area contributed by atoms with E-state index in [0.717, 1.165) is 4.47 Å². The van der Waals surface area contributed by atoms with Crippen LogP contribution in [0.15, 0.2) is 52.0 Å². The zero-order chi connectivity index (χ0) is 15.9. The molecule has 0 aliphatic heterocycles. The molecule has 5 nitrogen and oxygen atoms in total. The molecule has 0 spiro atoms. The summed E-state index contributed by atoms with van der Waals surface area (Å²) in [5.74, 6) is 0.870. The van der Waals surface area contributed by atoms with E-state index in [1.807, 2.05) is 18.2 Å². The number of hydrazone groups is 1. The smallest absolute Gasteiger partial charge is 0.271 e. The molecule has 6 heteroatoms. The minimum absolute atomic E-state index is 0.292. The van der Waals surface area contributed by atoms with Crippen LogP contribution < -0.4 is 14.9 Å². The number of amides is 1. The van der Waals surface area contributed by atoms with E-state index >= 15 is 0 Å². The molecule has 0 unspecified atom stereocenters. The van der Waals surface area contributed by atoms with Crippen molar-refractivity contribution in [2.75, 3.05) is 14.2 Å². The number of hydrogen-bond acceptors (Lipinski definition) is 4. The number of benzene rings is 2. The van der Waals surface area contributed by atoms with Gasteiger partial charge in [-0.3, -0.25) is 4.79 Å². The molecule has 2 rings (SSSR count). The van der Waals surface area contributed by atoms with E-state index in [9.17, 15) is 4.79 Å². The molecule has 0 radical (unpaired) electrons. The van der Waals surface area contributed by atoms with Crippen LogP contribution in [0.1, 0.15) is 15.9 Å². The van der Waals surface area contributed by atoms with Gasteiger partial charge in [-0.05, 0) is 30.3 Å². The third kappa shape index (κ3) is 3.85. The van der Waals surface area contributed by atoms with Crippen LogP contribution in [-0.2, 0) is 0 Å². The van der Waals surface area contributed by atoms with Crippen molar-refractivity contribution < 1.29 is 14.3 Å². The number of hydrogen-bond donors (Lipinski definition) is 1. The fraction of sp³-hybridized carbons (Fsp3) is 0.125. The lowest BCUT2D eigenvalue weighted by Crippen LogP contribution is -2.17. The highest BCUT2D eigenvalue weighted by atomic mass is 79.9. The molecule has 0 saturated heterocycles. The fourth-order valence-electron chi connectivity index (χ4n) is 1.87. The van der Waals surface area contributed by atoms with Gasteiger partial charge in [0.05, 0.1) is 20.4 Å². The highest BCUT2D eigenvalue weighted by Crippen LogP contribution is 2.29. The number of ether oxygens (including phenoxy) is 2. The van der Waals surface area contributed by atoms with Crippen molar-refractivity contribution in [1.82, 2.24) is 5.43 Å². The fourth-order valence-corrected chi connectivity index (χ4v) is 2.27. The summed E-state index contributed by atoms with van der Waals surface area (Å²) in [6, 6.07) is 12.5. The lowest BCUT2D eigenvalue weighted by atomic mass is 10.2. The van der Waals surface area contributed by atoms with Crippen molar-refractivity contribution in [2.45, 2.75) is 0 Å². The summed E-state index contributed by atoms with van der Waals surface area (Å²) in [6.07, 6.45) is 1.51. The summed E-state index contributed by atoms with van der Waals surface area (Å²) in [7, 11) is 3.11. The first-order valence-electron chi connectivity index (χ1n) is 6.45. The van der Waals surface area contributed by atoms with Gasteiger partial charge >= 0.3 is 0 Å². The molecule has 2 aromatic carbocycles. The quantitative estimate of drug-likeness (QED) is 0.656. The number of carbonyl (C=O) groups excluding carboxylic acids is 1. The highest BCUT2D eigenvalue weighted by Gasteiger charge is 2.08. The maximum absolute atomic E-state index is 12.0. The average molecular weight is 363 g/mol. The molecule has 0 aromatic heterocycles. The lowest BCUT2D eigenvalue weighted by Gasteiger charge is -2.09. The maximum Gasteiger partial charge on any atom is 0.271 e. The van der Waals surface area contributed by atoms with Gasteiger partial charge in [0.2, 0.25) is 0 Å². The monoisotopic (exact) mass is 362 g/mol. The molecule has 114 valence electrons. The number of nitrogens with zero attached hydrogens (tertiary/aromatic N) is 1. The molecular formula is C16H15BrN2O3. The highest BCUT2D eigenvalue weighted by molar-refractivity contribution is 9.10. The van der Waals surface area contributed by atoms with Gasteiger partial charge in [0, 0.05) is 15.6 Å². The SMILES string of the molecule is COc1cccc(/C=N/NC(=O)c2cccc(Br)c2)c1OC. The largest absolute Gasteiger partial charge is 0.493 e. The molecular weight excluding hydrogens is 348 g/mol. The van der Waals surface area contributed by atoms with E-state index in [0.29, 0.717) is 22.6 Å². The Morgan fingerprint density at radius 2 is 1.95 bits per heavy atom. The van der Waals surface area contributed by atoms with Crippen LogP contribution in [0, 0.1) is 0 Å². The summed E-state index contributed by atoms with van der Waals surface area (Å²) in [5, 5.41) is 3.96. The molecule has 0 heterocycles. The second-order valence-corrected chi connectivity index (χ2v) is 5.21. The van der Waals surface area contributed by atoms with E-state index < -0.39 is 0 Å². The Bertz CT molecular complexity index is 702. The number of carbonyl (C=O) groups is 1. The summed E-state index contributed by atoms with van der Waals surface area (Å²) in [5.41, 5.74) is 3.70. The van der Waals surface area contributed by atoms with Crippen LogP contribution in [0.25, 0.3) is 0 Å². The summed E-state index contributed by atoms with van der Waals surface area (Å²) in [6.45, 7) is 0. The third-order valence-corrected chi connectivity index (χ3v) is 3.38. The molecule has 1 amide bonds. The molecule has 1 N–H and O–H groups in total.